The number of rotatable bonds is 11. The van der Waals surface area contributed by atoms with Crippen LogP contribution < -0.4 is 14.2 Å². The number of amidine groups is 2. The van der Waals surface area contributed by atoms with Crippen LogP contribution in [0.3, 0.4) is 0 Å². The average molecular weight is 575 g/mol. The molecule has 1 atom stereocenters. The highest BCUT2D eigenvalue weighted by atomic mass is 32.2. The fraction of sp³-hybridized carbons (Fsp3) is 0.267. The number of carbonyl (C=O) groups is 1. The number of ether oxygens (including phenoxy) is 3. The van der Waals surface area contributed by atoms with Gasteiger partial charge in [0.25, 0.3) is 5.91 Å². The van der Waals surface area contributed by atoms with Crippen molar-refractivity contribution in [1.29, 1.82) is 5.41 Å². The Labute approximate surface area is 241 Å². The third-order valence-corrected chi connectivity index (χ3v) is 8.50. The van der Waals surface area contributed by atoms with Gasteiger partial charge in [-0.05, 0) is 70.9 Å². The van der Waals surface area contributed by atoms with Crippen molar-refractivity contribution in [3.05, 3.63) is 81.6 Å². The first kappa shape index (κ1) is 27.7. The summed E-state index contributed by atoms with van der Waals surface area (Å²) in [4.78, 5) is 17.9. The Kier molecular flexibility index (Phi) is 8.66. The summed E-state index contributed by atoms with van der Waals surface area (Å²) in [6.07, 6.45) is 3.39. The van der Waals surface area contributed by atoms with E-state index in [0.717, 1.165) is 22.1 Å². The van der Waals surface area contributed by atoms with E-state index in [-0.39, 0.29) is 11.4 Å². The zero-order valence-corrected chi connectivity index (χ0v) is 24.2. The van der Waals surface area contributed by atoms with Crippen LogP contribution in [-0.2, 0) is 4.79 Å². The van der Waals surface area contributed by atoms with Crippen molar-refractivity contribution in [2.75, 3.05) is 20.3 Å². The Morgan fingerprint density at radius 1 is 1.05 bits per heavy atom. The van der Waals surface area contributed by atoms with E-state index < -0.39 is 5.91 Å². The minimum absolute atomic E-state index is 0.0109. The molecule has 0 saturated heterocycles. The maximum atomic E-state index is 12.8. The smallest absolute Gasteiger partial charge is 0.283 e. The van der Waals surface area contributed by atoms with Crippen molar-refractivity contribution in [3.63, 3.8) is 0 Å². The number of para-hydroxylation sites is 1. The standard InChI is InChI=1S/C30H30N4O4S2/c1-4-19(2)21-9-5-6-10-23(21)37-14-8-15-38-24-13-12-20(18-25(24)36-3)17-22-27(31)34-30(32-28(22)35)40-29(33-34)26-11-7-16-39-26/h5-7,9-13,16-19,31H,4,8,14-15H2,1-3H3/b22-17-,31-27?. The highest BCUT2D eigenvalue weighted by molar-refractivity contribution is 8.27. The van der Waals surface area contributed by atoms with Crippen molar-refractivity contribution in [2.24, 2.45) is 10.1 Å². The van der Waals surface area contributed by atoms with E-state index in [1.165, 1.54) is 22.3 Å². The number of hydrazone groups is 1. The molecule has 3 aromatic rings. The van der Waals surface area contributed by atoms with Gasteiger partial charge in [0.1, 0.15) is 10.8 Å². The molecule has 0 spiro atoms. The molecule has 8 nitrogen and oxygen atoms in total. The van der Waals surface area contributed by atoms with Gasteiger partial charge in [-0.2, -0.15) is 15.1 Å². The first-order chi connectivity index (χ1) is 19.5. The van der Waals surface area contributed by atoms with Crippen LogP contribution in [0.2, 0.25) is 0 Å². The van der Waals surface area contributed by atoms with E-state index in [4.69, 9.17) is 19.6 Å². The fourth-order valence-electron chi connectivity index (χ4n) is 4.21. The van der Waals surface area contributed by atoms with Gasteiger partial charge in [-0.3, -0.25) is 10.2 Å². The van der Waals surface area contributed by atoms with Crippen LogP contribution in [0.25, 0.3) is 6.08 Å². The molecule has 3 heterocycles. The molecule has 5 rings (SSSR count). The molecule has 0 saturated carbocycles. The lowest BCUT2D eigenvalue weighted by atomic mass is 9.98. The van der Waals surface area contributed by atoms with E-state index in [2.05, 4.69) is 30.0 Å². The van der Waals surface area contributed by atoms with Crippen LogP contribution in [0.5, 0.6) is 17.2 Å². The first-order valence-electron chi connectivity index (χ1n) is 13.0. The third-order valence-electron chi connectivity index (χ3n) is 6.55. The number of fused-ring (bicyclic) bond motifs is 1. The third kappa shape index (κ3) is 5.97. The summed E-state index contributed by atoms with van der Waals surface area (Å²) < 4.78 is 17.6. The molecule has 1 amide bonds. The van der Waals surface area contributed by atoms with Crippen LogP contribution in [0.1, 0.15) is 48.6 Å². The van der Waals surface area contributed by atoms with Crippen molar-refractivity contribution in [2.45, 2.75) is 32.6 Å². The van der Waals surface area contributed by atoms with E-state index in [1.807, 2.05) is 41.8 Å². The number of methoxy groups -OCH3 is 1. The van der Waals surface area contributed by atoms with Crippen LogP contribution in [-0.4, -0.2) is 47.3 Å². The van der Waals surface area contributed by atoms with Gasteiger partial charge in [0.2, 0.25) is 5.17 Å². The topological polar surface area (TPSA) is 96.6 Å². The van der Waals surface area contributed by atoms with Crippen molar-refractivity contribution in [3.8, 4) is 17.2 Å². The van der Waals surface area contributed by atoms with Gasteiger partial charge >= 0.3 is 0 Å². The number of hydrogen-bond donors (Lipinski definition) is 1. The molecule has 2 aromatic carbocycles. The Hall–Kier alpha value is -3.89. The van der Waals surface area contributed by atoms with Crippen LogP contribution in [0.15, 0.2) is 75.6 Å². The number of amides is 1. The Balaban J connectivity index is 1.21. The maximum absolute atomic E-state index is 12.8. The Morgan fingerprint density at radius 2 is 1.85 bits per heavy atom. The van der Waals surface area contributed by atoms with E-state index in [1.54, 1.807) is 36.7 Å². The van der Waals surface area contributed by atoms with Gasteiger partial charge in [-0.15, -0.1) is 11.3 Å². The van der Waals surface area contributed by atoms with Crippen molar-refractivity contribution < 1.29 is 19.0 Å². The number of benzene rings is 2. The molecular weight excluding hydrogens is 544 g/mol. The lowest BCUT2D eigenvalue weighted by molar-refractivity contribution is -0.114. The fourth-order valence-corrected chi connectivity index (χ4v) is 5.90. The summed E-state index contributed by atoms with van der Waals surface area (Å²) in [7, 11) is 1.57. The van der Waals surface area contributed by atoms with E-state index in [9.17, 15) is 4.79 Å². The highest BCUT2D eigenvalue weighted by Gasteiger charge is 2.36. The molecule has 0 bridgehead atoms. The monoisotopic (exact) mass is 574 g/mol. The molecular formula is C30H30N4O4S2. The zero-order chi connectivity index (χ0) is 28.1. The lowest BCUT2D eigenvalue weighted by Crippen LogP contribution is -2.35. The number of aliphatic imine (C=N–C) groups is 1. The SMILES string of the molecule is CCC(C)c1ccccc1OCCCOc1ccc(/C=C2/C(=N)N3N=C(c4cccs4)SC3=NC2=O)cc1OC. The van der Waals surface area contributed by atoms with Crippen molar-refractivity contribution in [1.82, 2.24) is 5.01 Å². The largest absolute Gasteiger partial charge is 0.493 e. The van der Waals surface area contributed by atoms with Gasteiger partial charge in [-0.25, -0.2) is 0 Å². The number of thiophene rings is 1. The molecule has 2 aliphatic heterocycles. The molecule has 0 radical (unpaired) electrons. The summed E-state index contributed by atoms with van der Waals surface area (Å²) in [6, 6.07) is 17.5. The number of hydrogen-bond acceptors (Lipinski definition) is 8. The normalized spacial score (nSPS) is 16.5. The molecule has 1 N–H and O–H groups in total. The zero-order valence-electron chi connectivity index (χ0n) is 22.5. The van der Waals surface area contributed by atoms with E-state index in [0.29, 0.717) is 47.8 Å². The molecule has 40 heavy (non-hydrogen) atoms. The predicted octanol–water partition coefficient (Wildman–Crippen LogP) is 6.79. The van der Waals surface area contributed by atoms with Crippen LogP contribution in [0.4, 0.5) is 0 Å². The average Bonchev–Trinajstić information content (AvgIpc) is 3.66. The molecule has 206 valence electrons. The molecule has 2 aliphatic rings. The first-order valence-corrected chi connectivity index (χ1v) is 14.7. The summed E-state index contributed by atoms with van der Waals surface area (Å²) >= 11 is 2.84. The second-order valence-corrected chi connectivity index (χ2v) is 11.1. The second kappa shape index (κ2) is 12.5. The summed E-state index contributed by atoms with van der Waals surface area (Å²) in [6.45, 7) is 5.38. The second-order valence-electron chi connectivity index (χ2n) is 9.21. The van der Waals surface area contributed by atoms with Gasteiger partial charge in [0.15, 0.2) is 17.3 Å². The summed E-state index contributed by atoms with van der Waals surface area (Å²) in [5.74, 6) is 2.01. The molecule has 10 heteroatoms. The number of thioether (sulfide) groups is 1. The molecule has 1 aromatic heterocycles. The van der Waals surface area contributed by atoms with Crippen LogP contribution >= 0.6 is 23.1 Å². The quantitative estimate of drug-likeness (QED) is 0.200. The molecule has 0 aliphatic carbocycles. The number of carbonyl (C=O) groups excluding carboxylic acids is 1. The van der Waals surface area contributed by atoms with Gasteiger partial charge in [0, 0.05) is 6.42 Å². The molecule has 1 unspecified atom stereocenters. The number of nitrogens with one attached hydrogen (secondary N) is 1. The predicted molar refractivity (Wildman–Crippen MR) is 162 cm³/mol. The Morgan fingerprint density at radius 3 is 2.60 bits per heavy atom. The van der Waals surface area contributed by atoms with Gasteiger partial charge < -0.3 is 14.2 Å². The van der Waals surface area contributed by atoms with Gasteiger partial charge in [-0.1, -0.05) is 44.2 Å². The highest BCUT2D eigenvalue weighted by Crippen LogP contribution is 2.34. The van der Waals surface area contributed by atoms with Gasteiger partial charge in [0.05, 0.1) is 30.8 Å². The molecule has 0 fully saturated rings. The minimum atomic E-state index is -0.472. The number of nitrogens with zero attached hydrogens (tertiary/aromatic N) is 3. The van der Waals surface area contributed by atoms with Crippen molar-refractivity contribution >= 4 is 51.1 Å². The summed E-state index contributed by atoms with van der Waals surface area (Å²) in [5, 5.41) is 17.6. The lowest BCUT2D eigenvalue weighted by Gasteiger charge is -2.20. The maximum Gasteiger partial charge on any atom is 0.283 e. The van der Waals surface area contributed by atoms with E-state index >= 15 is 0 Å². The van der Waals surface area contributed by atoms with Crippen LogP contribution in [0, 0.1) is 5.41 Å². The Bertz CT molecular complexity index is 1500. The summed E-state index contributed by atoms with van der Waals surface area (Å²) in [5.41, 5.74) is 2.07. The minimum Gasteiger partial charge on any atom is -0.493 e.